The molecule has 2 unspecified atom stereocenters. The quantitative estimate of drug-likeness (QED) is 0.0195. The summed E-state index contributed by atoms with van der Waals surface area (Å²) in [6.45, 7) is 4.57. The zero-order chi connectivity index (χ0) is 67.5. The fourth-order valence-corrected chi connectivity index (χ4v) is 11.4. The number of carboxylic acids is 1. The maximum atomic E-state index is 13.0. The summed E-state index contributed by atoms with van der Waals surface area (Å²) in [6, 6.07) is 0. The highest BCUT2D eigenvalue weighted by Gasteiger charge is 2.22. The molecule has 0 radical (unpaired) electrons. The van der Waals surface area contributed by atoms with Crippen molar-refractivity contribution >= 4 is 17.9 Å². The second kappa shape index (κ2) is 74.0. The Morgan fingerprint density at radius 3 is 0.860 bits per heavy atom. The fourth-order valence-electron chi connectivity index (χ4n) is 11.4. The number of carbonyl (C=O) groups excluding carboxylic acids is 3. The first-order valence-corrected chi connectivity index (χ1v) is 39.4. The monoisotopic (exact) mass is 1300 g/mol. The zero-order valence-corrected chi connectivity index (χ0v) is 61.6. The number of quaternary nitrogens is 1. The number of nitrogens with zero attached hydrogens (tertiary/aromatic N) is 1. The molecule has 0 aliphatic rings. The minimum Gasteiger partial charge on any atom is -0.545 e. The summed E-state index contributed by atoms with van der Waals surface area (Å²) in [5.74, 6) is -2.26. The summed E-state index contributed by atoms with van der Waals surface area (Å²) < 4.78 is 22.9. The topological polar surface area (TPSA) is 111 Å². The minimum atomic E-state index is -1.62. The number of hydrogen-bond donors (Lipinski definition) is 0. The molecule has 0 fully saturated rings. The van der Waals surface area contributed by atoms with Crippen LogP contribution in [0.15, 0.2) is 97.2 Å². The summed E-state index contributed by atoms with van der Waals surface area (Å²) >= 11 is 0. The Balaban J connectivity index is 3.96. The van der Waals surface area contributed by atoms with E-state index in [4.69, 9.17) is 18.9 Å². The van der Waals surface area contributed by atoms with Gasteiger partial charge < -0.3 is 33.3 Å². The van der Waals surface area contributed by atoms with Crippen LogP contribution < -0.4 is 5.11 Å². The molecule has 0 aromatic carbocycles. The van der Waals surface area contributed by atoms with Crippen LogP contribution in [0.5, 0.6) is 0 Å². The molecule has 0 aromatic heterocycles. The summed E-state index contributed by atoms with van der Waals surface area (Å²) in [5, 5.41) is 11.9. The van der Waals surface area contributed by atoms with E-state index < -0.39 is 24.3 Å². The summed E-state index contributed by atoms with van der Waals surface area (Å²) in [7, 11) is 5.94. The molecule has 0 N–H and O–H groups in total. The highest BCUT2D eigenvalue weighted by molar-refractivity contribution is 5.70. The van der Waals surface area contributed by atoms with E-state index in [-0.39, 0.29) is 32.2 Å². The van der Waals surface area contributed by atoms with Crippen molar-refractivity contribution < 1.29 is 42.9 Å². The first-order valence-electron chi connectivity index (χ1n) is 39.4. The normalized spacial score (nSPS) is 13.2. The average Bonchev–Trinajstić information content (AvgIpc) is 3.38. The number of rotatable bonds is 73. The lowest BCUT2D eigenvalue weighted by Gasteiger charge is -2.26. The van der Waals surface area contributed by atoms with Gasteiger partial charge in [0.1, 0.15) is 13.2 Å². The number of hydrogen-bond acceptors (Lipinski definition) is 8. The van der Waals surface area contributed by atoms with Gasteiger partial charge in [-0.25, -0.2) is 0 Å². The maximum Gasteiger partial charge on any atom is 0.306 e. The molecule has 93 heavy (non-hydrogen) atoms. The summed E-state index contributed by atoms with van der Waals surface area (Å²) in [4.78, 5) is 37.6. The smallest absolute Gasteiger partial charge is 0.306 e. The molecule has 538 valence electrons. The van der Waals surface area contributed by atoms with E-state index >= 15 is 0 Å². The van der Waals surface area contributed by atoms with Gasteiger partial charge in [0.2, 0.25) is 0 Å². The summed E-state index contributed by atoms with van der Waals surface area (Å²) in [5.41, 5.74) is 0. The van der Waals surface area contributed by atoms with E-state index in [2.05, 4.69) is 111 Å². The number of ether oxygens (including phenoxy) is 4. The van der Waals surface area contributed by atoms with Crippen molar-refractivity contribution in [3.63, 3.8) is 0 Å². The third-order valence-electron chi connectivity index (χ3n) is 17.3. The number of aliphatic carboxylic acids is 1. The van der Waals surface area contributed by atoms with E-state index in [1.54, 1.807) is 0 Å². The maximum absolute atomic E-state index is 13.0. The van der Waals surface area contributed by atoms with Gasteiger partial charge in [0.15, 0.2) is 12.4 Å². The van der Waals surface area contributed by atoms with Gasteiger partial charge >= 0.3 is 11.9 Å². The van der Waals surface area contributed by atoms with Crippen molar-refractivity contribution in [2.45, 2.75) is 373 Å². The van der Waals surface area contributed by atoms with Crippen molar-refractivity contribution in [3.8, 4) is 0 Å². The van der Waals surface area contributed by atoms with E-state index in [0.29, 0.717) is 23.9 Å². The number of esters is 2. The van der Waals surface area contributed by atoms with E-state index in [9.17, 15) is 19.5 Å². The molecular formula is C84H149NO8. The Hall–Kier alpha value is -3.79. The second-order valence-electron chi connectivity index (χ2n) is 27.6. The third kappa shape index (κ3) is 75.5. The Labute approximate surface area is 575 Å². The van der Waals surface area contributed by atoms with Gasteiger partial charge in [-0.2, -0.15) is 0 Å². The van der Waals surface area contributed by atoms with Crippen LogP contribution in [-0.2, 0) is 33.3 Å². The third-order valence-corrected chi connectivity index (χ3v) is 17.3. The number of unbranched alkanes of at least 4 members (excludes halogenated alkanes) is 42. The van der Waals surface area contributed by atoms with Gasteiger partial charge in [0, 0.05) is 12.8 Å². The molecule has 0 aromatic rings. The van der Waals surface area contributed by atoms with Crippen LogP contribution in [0.1, 0.15) is 361 Å². The first-order chi connectivity index (χ1) is 45.6. The molecule has 0 aliphatic carbocycles. The molecule has 0 amide bonds. The number of likely N-dealkylation sites (N-methyl/N-ethyl adjacent to an activating group) is 1. The fraction of sp³-hybridized carbons (Fsp3) is 0.774. The largest absolute Gasteiger partial charge is 0.545 e. The molecule has 0 bridgehead atoms. The predicted octanol–water partition coefficient (Wildman–Crippen LogP) is 23.8. The van der Waals surface area contributed by atoms with Gasteiger partial charge in [-0.05, 0) is 89.9 Å². The van der Waals surface area contributed by atoms with Crippen molar-refractivity contribution in [1.29, 1.82) is 0 Å². The van der Waals surface area contributed by atoms with Crippen molar-refractivity contribution in [2.24, 2.45) is 0 Å². The molecule has 0 saturated heterocycles. The molecule has 0 saturated carbocycles. The Kier molecular flexibility index (Phi) is 71.0. The standard InChI is InChI=1S/C84H149NO8/c1-6-8-10-12-14-16-18-20-22-24-26-28-30-32-34-35-36-37-38-39-40-41-42-43-44-45-46-47-49-51-53-55-57-59-61-63-65-67-69-71-73-75-82(87)93-80(79-92-84(83(88)89)90-77-76-85(3,4)5)78-91-81(86)74-72-70-68-66-64-62-60-58-56-54-52-50-48-33-31-29-27-25-23-21-19-17-15-13-11-9-7-2/h8-11,14-17,20-23,26-29,80,84H,6-7,12-13,18-19,24-25,30-79H2,1-5H3/b10-8-,11-9-,16-14-,17-15-,22-20-,23-21-,28-26-,29-27-. The van der Waals surface area contributed by atoms with Crippen LogP contribution in [0.3, 0.4) is 0 Å². The van der Waals surface area contributed by atoms with Crippen LogP contribution in [-0.4, -0.2) is 82.3 Å². The first kappa shape index (κ1) is 89.2. The van der Waals surface area contributed by atoms with E-state index in [1.807, 2.05) is 21.1 Å². The van der Waals surface area contributed by atoms with E-state index in [1.165, 1.54) is 244 Å². The highest BCUT2D eigenvalue weighted by atomic mass is 16.7. The van der Waals surface area contributed by atoms with Gasteiger partial charge in [0.05, 0.1) is 40.3 Å². The second-order valence-corrected chi connectivity index (χ2v) is 27.6. The molecule has 0 spiro atoms. The Morgan fingerprint density at radius 2 is 0.581 bits per heavy atom. The molecule has 2 atom stereocenters. The predicted molar refractivity (Wildman–Crippen MR) is 398 cm³/mol. The van der Waals surface area contributed by atoms with Crippen molar-refractivity contribution in [1.82, 2.24) is 0 Å². The Morgan fingerprint density at radius 1 is 0.323 bits per heavy atom. The van der Waals surface area contributed by atoms with Crippen molar-refractivity contribution in [2.75, 3.05) is 47.5 Å². The molecule has 9 heteroatoms. The summed E-state index contributed by atoms with van der Waals surface area (Å²) in [6.07, 6.45) is 99.6. The lowest BCUT2D eigenvalue weighted by Crippen LogP contribution is -2.44. The van der Waals surface area contributed by atoms with Crippen LogP contribution in [0.2, 0.25) is 0 Å². The number of allylic oxidation sites excluding steroid dienone is 16. The van der Waals surface area contributed by atoms with Crippen LogP contribution in [0.4, 0.5) is 0 Å². The average molecular weight is 1300 g/mol. The van der Waals surface area contributed by atoms with E-state index in [0.717, 1.165) is 83.5 Å². The molecule has 9 nitrogen and oxygen atoms in total. The highest BCUT2D eigenvalue weighted by Crippen LogP contribution is 2.19. The lowest BCUT2D eigenvalue weighted by atomic mass is 10.0. The number of carboxylic acid groups (broad SMARTS) is 1. The Bertz CT molecular complexity index is 1850. The lowest BCUT2D eigenvalue weighted by molar-refractivity contribution is -0.870. The van der Waals surface area contributed by atoms with Gasteiger partial charge in [-0.3, -0.25) is 9.59 Å². The van der Waals surface area contributed by atoms with Gasteiger partial charge in [0.25, 0.3) is 0 Å². The molecule has 0 heterocycles. The molecule has 0 rings (SSSR count). The number of carbonyl (C=O) groups is 3. The molecular weight excluding hydrogens is 1150 g/mol. The minimum absolute atomic E-state index is 0.147. The van der Waals surface area contributed by atoms with Crippen LogP contribution in [0, 0.1) is 0 Å². The van der Waals surface area contributed by atoms with Crippen LogP contribution >= 0.6 is 0 Å². The van der Waals surface area contributed by atoms with Crippen LogP contribution in [0.25, 0.3) is 0 Å². The van der Waals surface area contributed by atoms with Gasteiger partial charge in [-0.1, -0.05) is 355 Å². The van der Waals surface area contributed by atoms with Crippen molar-refractivity contribution in [3.05, 3.63) is 97.2 Å². The molecule has 0 aliphatic heterocycles. The van der Waals surface area contributed by atoms with Gasteiger partial charge in [-0.15, -0.1) is 0 Å². The SMILES string of the molecule is CC/C=C\C/C=C\C/C=C\C/C=C\CCCCCCCCCCCCCCCCCCCCCCCCCCCCCCC(=O)OC(COC(=O)CCCCCCCCCCCCCCCC/C=C\C/C=C\C/C=C\C/C=C\CC)COC(OCC[N+](C)(C)C)C(=O)[O-]. The zero-order valence-electron chi connectivity index (χ0n) is 61.6.